The zero-order valence-corrected chi connectivity index (χ0v) is 14.8. The average molecular weight is 439 g/mol. The van der Waals surface area contributed by atoms with Crippen LogP contribution in [0.3, 0.4) is 0 Å². The lowest BCUT2D eigenvalue weighted by molar-refractivity contribution is 0.395. The van der Waals surface area contributed by atoms with Gasteiger partial charge in [0, 0.05) is 12.1 Å². The molecule has 0 atom stereocenters. The lowest BCUT2D eigenvalue weighted by Crippen LogP contribution is -2.17. The zero-order valence-electron chi connectivity index (χ0n) is 18.7. The molecule has 2 aromatic rings. The Balaban J connectivity index is 2.05. The van der Waals surface area contributed by atoms with Gasteiger partial charge in [-0.25, -0.2) is 0 Å². The SMILES string of the molecule is [3H]C([3H])([3H])Oc1cc(I)c(OC)cc1CCNCc1ccccc1OC([3H])([3H])[3H]. The molecule has 0 aliphatic carbocycles. The van der Waals surface area contributed by atoms with Crippen molar-refractivity contribution in [2.75, 3.05) is 27.7 Å². The number of para-hydroxylation sites is 1. The molecular formula is C18H22INO3. The van der Waals surface area contributed by atoms with Crippen molar-refractivity contribution in [2.45, 2.75) is 13.0 Å². The highest BCUT2D eigenvalue weighted by Gasteiger charge is 2.09. The Morgan fingerprint density at radius 1 is 1.00 bits per heavy atom. The topological polar surface area (TPSA) is 39.7 Å². The van der Waals surface area contributed by atoms with Gasteiger partial charge < -0.3 is 19.5 Å². The second kappa shape index (κ2) is 8.98. The largest absolute Gasteiger partial charge is 0.496 e. The summed E-state index contributed by atoms with van der Waals surface area (Å²) >= 11 is 2.06. The predicted molar refractivity (Wildman–Crippen MR) is 101 cm³/mol. The number of hydrogen-bond acceptors (Lipinski definition) is 4. The first-order valence-electron chi connectivity index (χ1n) is 10.0. The van der Waals surface area contributed by atoms with Crippen molar-refractivity contribution in [1.29, 1.82) is 0 Å². The van der Waals surface area contributed by atoms with Crippen molar-refractivity contribution < 1.29 is 22.4 Å². The van der Waals surface area contributed by atoms with Gasteiger partial charge in [0.05, 0.1) is 33.0 Å². The van der Waals surface area contributed by atoms with E-state index < -0.39 is 14.1 Å². The highest BCUT2D eigenvalue weighted by atomic mass is 127. The van der Waals surface area contributed by atoms with E-state index in [2.05, 4.69) is 27.9 Å². The van der Waals surface area contributed by atoms with Crippen LogP contribution in [0.5, 0.6) is 17.2 Å². The maximum Gasteiger partial charge on any atom is 0.132 e. The fourth-order valence-corrected chi connectivity index (χ4v) is 2.88. The van der Waals surface area contributed by atoms with Gasteiger partial charge >= 0.3 is 0 Å². The number of ether oxygens (including phenoxy) is 3. The molecule has 0 aromatic heterocycles. The van der Waals surface area contributed by atoms with Gasteiger partial charge in [-0.3, -0.25) is 0 Å². The van der Waals surface area contributed by atoms with Gasteiger partial charge in [-0.1, -0.05) is 18.2 Å². The third kappa shape index (κ3) is 4.75. The van der Waals surface area contributed by atoms with Crippen molar-refractivity contribution in [3.63, 3.8) is 0 Å². The van der Waals surface area contributed by atoms with E-state index >= 15 is 0 Å². The Bertz CT molecular complexity index is 826. The van der Waals surface area contributed by atoms with Crippen LogP contribution >= 0.6 is 22.6 Å². The number of nitrogens with one attached hydrogen (secondary N) is 1. The Morgan fingerprint density at radius 3 is 2.57 bits per heavy atom. The van der Waals surface area contributed by atoms with E-state index in [1.54, 1.807) is 43.5 Å². The maximum absolute atomic E-state index is 7.36. The summed E-state index contributed by atoms with van der Waals surface area (Å²) in [5.74, 6) is 1.21. The molecule has 5 heteroatoms. The summed E-state index contributed by atoms with van der Waals surface area (Å²) in [6, 6.07) is 10.3. The molecule has 2 rings (SSSR count). The molecule has 0 heterocycles. The first kappa shape index (κ1) is 11.1. The molecule has 0 aliphatic rings. The lowest BCUT2D eigenvalue weighted by atomic mass is 10.1. The quantitative estimate of drug-likeness (QED) is 0.504. The molecule has 0 amide bonds. The van der Waals surface area contributed by atoms with Crippen LogP contribution in [0.1, 0.15) is 19.4 Å². The molecule has 23 heavy (non-hydrogen) atoms. The predicted octanol–water partition coefficient (Wildman–Crippen LogP) is 3.65. The maximum atomic E-state index is 7.36. The summed E-state index contributed by atoms with van der Waals surface area (Å²) in [5, 5.41) is 3.22. The van der Waals surface area contributed by atoms with Crippen molar-refractivity contribution >= 4 is 22.6 Å². The van der Waals surface area contributed by atoms with Gasteiger partial charge in [0.1, 0.15) is 17.2 Å². The van der Waals surface area contributed by atoms with Crippen LogP contribution in [0.25, 0.3) is 0 Å². The van der Waals surface area contributed by atoms with E-state index in [1.165, 1.54) is 0 Å². The molecule has 0 bridgehead atoms. The number of halogens is 1. The van der Waals surface area contributed by atoms with Crippen molar-refractivity contribution in [3.05, 3.63) is 51.1 Å². The number of hydrogen-bond donors (Lipinski definition) is 1. The molecule has 0 radical (unpaired) electrons. The minimum Gasteiger partial charge on any atom is -0.496 e. The number of benzene rings is 2. The van der Waals surface area contributed by atoms with Crippen LogP contribution in [0.4, 0.5) is 0 Å². The zero-order chi connectivity index (χ0) is 21.7. The fourth-order valence-electron chi connectivity index (χ4n) is 2.22. The first-order valence-corrected chi connectivity index (χ1v) is 8.09. The molecule has 124 valence electrons. The molecule has 0 unspecified atom stereocenters. The summed E-state index contributed by atoms with van der Waals surface area (Å²) in [6.45, 7) is 0.895. The average Bonchev–Trinajstić information content (AvgIpc) is 2.59. The molecule has 0 aliphatic heterocycles. The van der Waals surface area contributed by atoms with Crippen LogP contribution in [0.2, 0.25) is 0 Å². The van der Waals surface area contributed by atoms with E-state index in [0.29, 0.717) is 42.1 Å². The highest BCUT2D eigenvalue weighted by Crippen LogP contribution is 2.30. The minimum atomic E-state index is -2.55. The second-order valence-corrected chi connectivity index (χ2v) is 6.00. The van der Waals surface area contributed by atoms with E-state index in [1.807, 2.05) is 0 Å². The van der Waals surface area contributed by atoms with Crippen molar-refractivity contribution in [1.82, 2.24) is 5.32 Å². The molecule has 0 saturated carbocycles. The van der Waals surface area contributed by atoms with Crippen molar-refractivity contribution in [3.8, 4) is 17.2 Å². The molecule has 2 aromatic carbocycles. The summed E-state index contributed by atoms with van der Waals surface area (Å²) < 4.78 is 60.1. The van der Waals surface area contributed by atoms with E-state index in [9.17, 15) is 0 Å². The van der Waals surface area contributed by atoms with Crippen LogP contribution in [-0.4, -0.2) is 27.7 Å². The van der Waals surface area contributed by atoms with Crippen molar-refractivity contribution in [2.24, 2.45) is 0 Å². The molecule has 0 saturated heterocycles. The van der Waals surface area contributed by atoms with Gasteiger partial charge in [-0.05, 0) is 59.3 Å². The van der Waals surface area contributed by atoms with E-state index in [-0.39, 0.29) is 5.75 Å². The smallest absolute Gasteiger partial charge is 0.132 e. The Hall–Kier alpha value is -1.47. The first-order chi connectivity index (χ1) is 13.5. The van der Waals surface area contributed by atoms with Gasteiger partial charge in [0.15, 0.2) is 0 Å². The van der Waals surface area contributed by atoms with Gasteiger partial charge in [-0.15, -0.1) is 0 Å². The standard InChI is InChI=1S/C18H22INO3/c1-21-16-7-5-4-6-14(16)12-20-9-8-13-10-18(23-3)15(19)11-17(13)22-2/h4-7,10-11,20H,8-9,12H2,1-3H3/i1T3,2T3. The molecule has 4 nitrogen and oxygen atoms in total. The van der Waals surface area contributed by atoms with Gasteiger partial charge in [0.25, 0.3) is 0 Å². The molecular weight excluding hydrogens is 405 g/mol. The van der Waals surface area contributed by atoms with Crippen LogP contribution in [0.15, 0.2) is 36.4 Å². The molecule has 1 N–H and O–H groups in total. The van der Waals surface area contributed by atoms with Crippen LogP contribution < -0.4 is 19.5 Å². The van der Waals surface area contributed by atoms with Gasteiger partial charge in [-0.2, -0.15) is 0 Å². The molecule has 0 spiro atoms. The molecule has 0 fully saturated rings. The summed E-state index contributed by atoms with van der Waals surface area (Å²) in [5.41, 5.74) is 1.40. The summed E-state index contributed by atoms with van der Waals surface area (Å²) in [6.07, 6.45) is 0.487. The summed E-state index contributed by atoms with van der Waals surface area (Å²) in [4.78, 5) is 0. The number of methoxy groups -OCH3 is 3. The summed E-state index contributed by atoms with van der Waals surface area (Å²) in [7, 11) is -3.52. The van der Waals surface area contributed by atoms with Crippen LogP contribution in [-0.2, 0) is 13.0 Å². The van der Waals surface area contributed by atoms with Gasteiger partial charge in [0.2, 0.25) is 0 Å². The highest BCUT2D eigenvalue weighted by molar-refractivity contribution is 14.1. The lowest BCUT2D eigenvalue weighted by Gasteiger charge is -2.13. The Morgan fingerprint density at radius 2 is 1.78 bits per heavy atom. The monoisotopic (exact) mass is 439 g/mol. The Labute approximate surface area is 159 Å². The second-order valence-electron chi connectivity index (χ2n) is 4.83. The Kier molecular flexibility index (Phi) is 4.35. The third-order valence-electron chi connectivity index (χ3n) is 3.41. The minimum absolute atomic E-state index is 0.281. The normalized spacial score (nSPS) is 15.4. The van der Waals surface area contributed by atoms with Crippen LogP contribution in [0, 0.1) is 3.57 Å². The van der Waals surface area contributed by atoms with E-state index in [4.69, 9.17) is 22.4 Å². The fraction of sp³-hybridized carbons (Fsp3) is 0.333. The number of rotatable bonds is 8. The third-order valence-corrected chi connectivity index (χ3v) is 4.26. The van der Waals surface area contributed by atoms with E-state index in [0.717, 1.165) is 3.57 Å².